The summed E-state index contributed by atoms with van der Waals surface area (Å²) in [6.45, 7) is 1.66. The number of likely N-dealkylation sites (tertiary alicyclic amines) is 1. The van der Waals surface area contributed by atoms with Crippen LogP contribution in [0.5, 0.6) is 0 Å². The van der Waals surface area contributed by atoms with Crippen molar-refractivity contribution in [1.82, 2.24) is 9.21 Å². The van der Waals surface area contributed by atoms with Crippen LogP contribution in [0.1, 0.15) is 35.4 Å². The second kappa shape index (κ2) is 8.25. The molecular formula is C20H23N3O4S2. The Bertz CT molecular complexity index is 981. The van der Waals surface area contributed by atoms with Gasteiger partial charge in [0.15, 0.2) is 0 Å². The highest BCUT2D eigenvalue weighted by atomic mass is 32.2. The molecule has 2 fully saturated rings. The monoisotopic (exact) mass is 433 g/mol. The van der Waals surface area contributed by atoms with Gasteiger partial charge < -0.3 is 10.2 Å². The lowest BCUT2D eigenvalue weighted by Crippen LogP contribution is -2.42. The third kappa shape index (κ3) is 4.08. The van der Waals surface area contributed by atoms with Crippen molar-refractivity contribution in [3.05, 3.63) is 46.7 Å². The fourth-order valence-electron chi connectivity index (χ4n) is 3.84. The van der Waals surface area contributed by atoms with Gasteiger partial charge in [-0.1, -0.05) is 6.07 Å². The first-order valence-corrected chi connectivity index (χ1v) is 12.0. The van der Waals surface area contributed by atoms with Gasteiger partial charge in [-0.2, -0.15) is 4.31 Å². The molecule has 0 unspecified atom stereocenters. The molecule has 1 atom stereocenters. The number of amides is 2. The first kappa shape index (κ1) is 20.1. The number of benzene rings is 1. The lowest BCUT2D eigenvalue weighted by atomic mass is 10.2. The predicted octanol–water partition coefficient (Wildman–Crippen LogP) is 2.78. The average Bonchev–Trinajstić information content (AvgIpc) is 3.50. The number of hydrogen-bond donors (Lipinski definition) is 1. The largest absolute Gasteiger partial charge is 0.326 e. The summed E-state index contributed by atoms with van der Waals surface area (Å²) in [4.78, 5) is 27.9. The average molecular weight is 434 g/mol. The molecule has 7 nitrogen and oxygen atoms in total. The Morgan fingerprint density at radius 3 is 2.38 bits per heavy atom. The maximum Gasteiger partial charge on any atom is 0.264 e. The van der Waals surface area contributed by atoms with E-state index in [9.17, 15) is 18.0 Å². The molecule has 0 aliphatic carbocycles. The summed E-state index contributed by atoms with van der Waals surface area (Å²) >= 11 is 1.37. The Morgan fingerprint density at radius 2 is 1.72 bits per heavy atom. The van der Waals surface area contributed by atoms with Crippen molar-refractivity contribution >= 4 is 38.9 Å². The number of carbonyl (C=O) groups is 2. The van der Waals surface area contributed by atoms with Gasteiger partial charge >= 0.3 is 0 Å². The van der Waals surface area contributed by atoms with Crippen LogP contribution in [0.15, 0.2) is 46.7 Å². The van der Waals surface area contributed by atoms with E-state index in [-0.39, 0.29) is 16.7 Å². The van der Waals surface area contributed by atoms with Gasteiger partial charge in [-0.05, 0) is 61.4 Å². The molecule has 4 rings (SSSR count). The summed E-state index contributed by atoms with van der Waals surface area (Å²) in [6.07, 6.45) is 3.16. The Hall–Kier alpha value is -2.23. The van der Waals surface area contributed by atoms with Gasteiger partial charge in [-0.25, -0.2) is 8.42 Å². The van der Waals surface area contributed by atoms with Crippen molar-refractivity contribution in [3.63, 3.8) is 0 Å². The van der Waals surface area contributed by atoms with Crippen LogP contribution in [0, 0.1) is 0 Å². The molecule has 0 saturated carbocycles. The van der Waals surface area contributed by atoms with Gasteiger partial charge in [-0.15, -0.1) is 11.3 Å². The minimum Gasteiger partial charge on any atom is -0.326 e. The van der Waals surface area contributed by atoms with Crippen molar-refractivity contribution in [2.75, 3.05) is 25.0 Å². The molecule has 2 aromatic rings. The van der Waals surface area contributed by atoms with Crippen molar-refractivity contribution in [3.8, 4) is 0 Å². The van der Waals surface area contributed by atoms with E-state index >= 15 is 0 Å². The zero-order valence-electron chi connectivity index (χ0n) is 15.9. The standard InChI is InChI=1S/C20H23N3O4S2/c24-19(17-5-3-13-23(17)20(25)18-6-4-14-28-18)21-15-7-9-16(10-8-15)29(26,27)22-11-1-2-12-22/h4,6-10,14,17H,1-3,5,11-13H2,(H,21,24)/t17-/m0/s1. The van der Waals surface area contributed by atoms with Crippen molar-refractivity contribution in [2.45, 2.75) is 36.6 Å². The van der Waals surface area contributed by atoms with E-state index < -0.39 is 16.1 Å². The SMILES string of the molecule is O=C(Nc1ccc(S(=O)(=O)N2CCCC2)cc1)[C@@H]1CCCN1C(=O)c1cccs1. The number of sulfonamides is 1. The van der Waals surface area contributed by atoms with Crippen LogP contribution in [-0.2, 0) is 14.8 Å². The summed E-state index contributed by atoms with van der Waals surface area (Å²) < 4.78 is 26.7. The zero-order valence-corrected chi connectivity index (χ0v) is 17.5. The molecule has 2 aliphatic rings. The first-order chi connectivity index (χ1) is 14.0. The number of rotatable bonds is 5. The molecule has 2 saturated heterocycles. The van der Waals surface area contributed by atoms with Crippen LogP contribution in [0.3, 0.4) is 0 Å². The number of carbonyl (C=O) groups excluding carboxylic acids is 2. The summed E-state index contributed by atoms with van der Waals surface area (Å²) in [5.74, 6) is -0.368. The third-order valence-electron chi connectivity index (χ3n) is 5.37. The highest BCUT2D eigenvalue weighted by Crippen LogP contribution is 2.25. The number of nitrogens with one attached hydrogen (secondary N) is 1. The number of nitrogens with zero attached hydrogens (tertiary/aromatic N) is 2. The molecule has 2 aliphatic heterocycles. The first-order valence-electron chi connectivity index (χ1n) is 9.72. The van der Waals surface area contributed by atoms with Crippen LogP contribution in [0.25, 0.3) is 0 Å². The van der Waals surface area contributed by atoms with Crippen molar-refractivity contribution in [2.24, 2.45) is 0 Å². The molecule has 0 spiro atoms. The molecule has 1 N–H and O–H groups in total. The van der Waals surface area contributed by atoms with E-state index in [0.717, 1.165) is 19.3 Å². The van der Waals surface area contributed by atoms with Gasteiger partial charge in [0.1, 0.15) is 6.04 Å². The van der Waals surface area contributed by atoms with Gasteiger partial charge in [0.25, 0.3) is 5.91 Å². The summed E-state index contributed by atoms with van der Waals surface area (Å²) in [6, 6.07) is 9.31. The normalized spacial score (nSPS) is 20.1. The zero-order chi connectivity index (χ0) is 20.4. The highest BCUT2D eigenvalue weighted by molar-refractivity contribution is 7.89. The van der Waals surface area contributed by atoms with E-state index in [4.69, 9.17) is 0 Å². The molecule has 29 heavy (non-hydrogen) atoms. The van der Waals surface area contributed by atoms with Crippen LogP contribution >= 0.6 is 11.3 Å². The van der Waals surface area contributed by atoms with Crippen LogP contribution in [0.2, 0.25) is 0 Å². The minimum absolute atomic E-state index is 0.121. The number of anilines is 1. The second-order valence-corrected chi connectivity index (χ2v) is 10.1. The summed E-state index contributed by atoms with van der Waals surface area (Å²) in [5.41, 5.74) is 0.519. The molecule has 2 amide bonds. The summed E-state index contributed by atoms with van der Waals surface area (Å²) in [5, 5.41) is 4.67. The van der Waals surface area contributed by atoms with Crippen LogP contribution in [-0.4, -0.2) is 55.1 Å². The van der Waals surface area contributed by atoms with E-state index in [1.165, 1.54) is 27.8 Å². The summed E-state index contributed by atoms with van der Waals surface area (Å²) in [7, 11) is -3.48. The molecular weight excluding hydrogens is 410 g/mol. The second-order valence-electron chi connectivity index (χ2n) is 7.26. The Balaban J connectivity index is 1.43. The highest BCUT2D eigenvalue weighted by Gasteiger charge is 2.35. The molecule has 0 bridgehead atoms. The fraction of sp³-hybridized carbons (Fsp3) is 0.400. The quantitative estimate of drug-likeness (QED) is 0.786. The number of hydrogen-bond acceptors (Lipinski definition) is 5. The van der Waals surface area contributed by atoms with Crippen LogP contribution < -0.4 is 5.32 Å². The Kier molecular flexibility index (Phi) is 5.71. The molecule has 3 heterocycles. The Labute approximate surface area is 174 Å². The fourth-order valence-corrected chi connectivity index (χ4v) is 6.03. The van der Waals surface area contributed by atoms with Gasteiger partial charge in [-0.3, -0.25) is 9.59 Å². The van der Waals surface area contributed by atoms with Gasteiger partial charge in [0.05, 0.1) is 9.77 Å². The smallest absolute Gasteiger partial charge is 0.264 e. The van der Waals surface area contributed by atoms with Crippen molar-refractivity contribution in [1.29, 1.82) is 0 Å². The van der Waals surface area contributed by atoms with Crippen LogP contribution in [0.4, 0.5) is 5.69 Å². The predicted molar refractivity (Wildman–Crippen MR) is 111 cm³/mol. The number of thiophene rings is 1. The van der Waals surface area contributed by atoms with E-state index in [1.54, 1.807) is 23.1 Å². The molecule has 1 aromatic carbocycles. The van der Waals surface area contributed by atoms with E-state index in [1.807, 2.05) is 11.4 Å². The molecule has 9 heteroatoms. The molecule has 154 valence electrons. The van der Waals surface area contributed by atoms with E-state index in [0.29, 0.717) is 36.6 Å². The van der Waals surface area contributed by atoms with E-state index in [2.05, 4.69) is 5.32 Å². The van der Waals surface area contributed by atoms with Gasteiger partial charge in [0.2, 0.25) is 15.9 Å². The molecule has 0 radical (unpaired) electrons. The molecule has 1 aromatic heterocycles. The maximum absolute atomic E-state index is 12.8. The lowest BCUT2D eigenvalue weighted by molar-refractivity contribution is -0.119. The maximum atomic E-state index is 12.8. The van der Waals surface area contributed by atoms with Crippen molar-refractivity contribution < 1.29 is 18.0 Å². The minimum atomic E-state index is -3.48. The van der Waals surface area contributed by atoms with Gasteiger partial charge in [0, 0.05) is 25.3 Å². The lowest BCUT2D eigenvalue weighted by Gasteiger charge is -2.23. The Morgan fingerprint density at radius 1 is 1.00 bits per heavy atom. The third-order valence-corrected chi connectivity index (χ3v) is 8.14. The topological polar surface area (TPSA) is 86.8 Å².